The van der Waals surface area contributed by atoms with Crippen LogP contribution in [0, 0.1) is 0 Å². The zero-order chi connectivity index (χ0) is 13.6. The SMILES string of the molecule is CC[C@]12CCN(C)[C@@H](Cc3ccc(OC)cc31)[C@H]2O. The smallest absolute Gasteiger partial charge is 0.119 e. The molecular weight excluding hydrogens is 238 g/mol. The lowest BCUT2D eigenvalue weighted by Crippen LogP contribution is -2.62. The van der Waals surface area contributed by atoms with Gasteiger partial charge in [-0.15, -0.1) is 0 Å². The van der Waals surface area contributed by atoms with E-state index in [-0.39, 0.29) is 17.6 Å². The van der Waals surface area contributed by atoms with Crippen LogP contribution in [-0.4, -0.2) is 42.9 Å². The molecule has 0 unspecified atom stereocenters. The molecule has 2 aliphatic rings. The molecule has 104 valence electrons. The Hall–Kier alpha value is -1.06. The minimum atomic E-state index is -0.268. The molecule has 19 heavy (non-hydrogen) atoms. The van der Waals surface area contributed by atoms with Crippen LogP contribution in [0.2, 0.25) is 0 Å². The molecule has 3 heteroatoms. The Balaban J connectivity index is 2.15. The zero-order valence-electron chi connectivity index (χ0n) is 12.0. The maximum atomic E-state index is 10.8. The molecule has 3 nitrogen and oxygen atoms in total. The fourth-order valence-electron chi connectivity index (χ4n) is 3.99. The van der Waals surface area contributed by atoms with Crippen LogP contribution in [0.1, 0.15) is 30.9 Å². The minimum absolute atomic E-state index is 0.0840. The average Bonchev–Trinajstić information content (AvgIpc) is 2.43. The largest absolute Gasteiger partial charge is 0.497 e. The van der Waals surface area contributed by atoms with E-state index in [1.54, 1.807) is 7.11 Å². The Labute approximate surface area is 115 Å². The quantitative estimate of drug-likeness (QED) is 0.883. The van der Waals surface area contributed by atoms with Crippen molar-refractivity contribution in [2.45, 2.75) is 43.7 Å². The average molecular weight is 261 g/mol. The fraction of sp³-hybridized carbons (Fsp3) is 0.625. The van der Waals surface area contributed by atoms with E-state index in [2.05, 4.69) is 31.0 Å². The molecular formula is C16H23NO2. The second-order valence-corrected chi connectivity index (χ2v) is 5.98. The van der Waals surface area contributed by atoms with E-state index in [1.807, 2.05) is 6.07 Å². The maximum absolute atomic E-state index is 10.8. The molecule has 0 radical (unpaired) electrons. The van der Waals surface area contributed by atoms with Crippen molar-refractivity contribution in [2.24, 2.45) is 0 Å². The third kappa shape index (κ3) is 1.72. The van der Waals surface area contributed by atoms with E-state index >= 15 is 0 Å². The van der Waals surface area contributed by atoms with Gasteiger partial charge in [-0.1, -0.05) is 13.0 Å². The summed E-state index contributed by atoms with van der Waals surface area (Å²) >= 11 is 0. The number of likely N-dealkylation sites (tertiary alicyclic amines) is 1. The number of likely N-dealkylation sites (N-methyl/N-ethyl adjacent to an activating group) is 1. The lowest BCUT2D eigenvalue weighted by Gasteiger charge is -2.53. The van der Waals surface area contributed by atoms with Gasteiger partial charge in [0.15, 0.2) is 0 Å². The number of rotatable bonds is 2. The molecule has 1 heterocycles. The standard InChI is InChI=1S/C16H23NO2/c1-4-16-7-8-17(2)14(15(16)18)9-11-5-6-12(19-3)10-13(11)16/h5-6,10,14-15,18H,4,7-9H2,1-3H3/t14-,15+,16-/m0/s1. The summed E-state index contributed by atoms with van der Waals surface area (Å²) in [5.41, 5.74) is 2.61. The Morgan fingerprint density at radius 2 is 2.26 bits per heavy atom. The first-order chi connectivity index (χ1) is 9.12. The van der Waals surface area contributed by atoms with Crippen molar-refractivity contribution in [2.75, 3.05) is 20.7 Å². The van der Waals surface area contributed by atoms with E-state index in [0.29, 0.717) is 0 Å². The fourth-order valence-corrected chi connectivity index (χ4v) is 3.99. The monoisotopic (exact) mass is 261 g/mol. The molecule has 0 amide bonds. The number of piperidine rings is 1. The van der Waals surface area contributed by atoms with Crippen molar-refractivity contribution in [3.63, 3.8) is 0 Å². The summed E-state index contributed by atoms with van der Waals surface area (Å²) in [5, 5.41) is 10.8. The van der Waals surface area contributed by atoms with Crippen molar-refractivity contribution < 1.29 is 9.84 Å². The third-order valence-corrected chi connectivity index (χ3v) is 5.32. The Kier molecular flexibility index (Phi) is 3.06. The summed E-state index contributed by atoms with van der Waals surface area (Å²) in [7, 11) is 3.83. The Bertz CT molecular complexity index is 488. The van der Waals surface area contributed by atoms with Gasteiger partial charge in [0.05, 0.1) is 13.2 Å². The second-order valence-electron chi connectivity index (χ2n) is 5.98. The van der Waals surface area contributed by atoms with Crippen molar-refractivity contribution in [1.82, 2.24) is 4.90 Å². The third-order valence-electron chi connectivity index (χ3n) is 5.32. The first-order valence-electron chi connectivity index (χ1n) is 7.18. The molecule has 2 bridgehead atoms. The van der Waals surface area contributed by atoms with Crippen LogP contribution in [-0.2, 0) is 11.8 Å². The molecule has 3 atom stereocenters. The van der Waals surface area contributed by atoms with E-state index in [1.165, 1.54) is 11.1 Å². The molecule has 0 saturated carbocycles. The molecule has 0 spiro atoms. The van der Waals surface area contributed by atoms with Gasteiger partial charge in [-0.3, -0.25) is 0 Å². The number of aliphatic hydroxyl groups is 1. The van der Waals surface area contributed by atoms with E-state index in [0.717, 1.165) is 31.6 Å². The molecule has 1 fully saturated rings. The summed E-state index contributed by atoms with van der Waals surface area (Å²) < 4.78 is 5.37. The van der Waals surface area contributed by atoms with E-state index in [4.69, 9.17) is 4.74 Å². The number of aliphatic hydroxyl groups excluding tert-OH is 1. The highest BCUT2D eigenvalue weighted by molar-refractivity contribution is 5.45. The topological polar surface area (TPSA) is 32.7 Å². The van der Waals surface area contributed by atoms with Crippen LogP contribution < -0.4 is 4.74 Å². The van der Waals surface area contributed by atoms with Gasteiger partial charge in [0.2, 0.25) is 0 Å². The lowest BCUT2D eigenvalue weighted by atomic mass is 9.60. The molecule has 1 saturated heterocycles. The van der Waals surface area contributed by atoms with Gasteiger partial charge in [0.1, 0.15) is 5.75 Å². The predicted octanol–water partition coefficient (Wildman–Crippen LogP) is 1.96. The number of hydrogen-bond donors (Lipinski definition) is 1. The molecule has 1 N–H and O–H groups in total. The van der Waals surface area contributed by atoms with Gasteiger partial charge in [0.25, 0.3) is 0 Å². The summed E-state index contributed by atoms with van der Waals surface area (Å²) in [5.74, 6) is 0.899. The Morgan fingerprint density at radius 1 is 1.47 bits per heavy atom. The number of benzene rings is 1. The van der Waals surface area contributed by atoms with E-state index < -0.39 is 0 Å². The highest BCUT2D eigenvalue weighted by Gasteiger charge is 2.50. The molecule has 0 aromatic heterocycles. The molecule has 1 aromatic rings. The molecule has 1 aliphatic carbocycles. The van der Waals surface area contributed by atoms with Crippen molar-refractivity contribution in [3.05, 3.63) is 29.3 Å². The highest BCUT2D eigenvalue weighted by Crippen LogP contribution is 2.47. The highest BCUT2D eigenvalue weighted by atomic mass is 16.5. The van der Waals surface area contributed by atoms with Crippen molar-refractivity contribution in [3.8, 4) is 5.75 Å². The number of ether oxygens (including phenoxy) is 1. The zero-order valence-corrected chi connectivity index (χ0v) is 12.0. The van der Waals surface area contributed by atoms with Crippen LogP contribution >= 0.6 is 0 Å². The van der Waals surface area contributed by atoms with Gasteiger partial charge in [-0.25, -0.2) is 0 Å². The van der Waals surface area contributed by atoms with Crippen LogP contribution in [0.15, 0.2) is 18.2 Å². The normalized spacial score (nSPS) is 33.9. The van der Waals surface area contributed by atoms with Gasteiger partial charge in [-0.05, 0) is 56.1 Å². The first-order valence-corrected chi connectivity index (χ1v) is 7.18. The molecule has 1 aromatic carbocycles. The van der Waals surface area contributed by atoms with Gasteiger partial charge < -0.3 is 14.7 Å². The van der Waals surface area contributed by atoms with Gasteiger partial charge >= 0.3 is 0 Å². The number of methoxy groups -OCH3 is 1. The number of fused-ring (bicyclic) bond motifs is 4. The maximum Gasteiger partial charge on any atom is 0.119 e. The van der Waals surface area contributed by atoms with E-state index in [9.17, 15) is 5.11 Å². The minimum Gasteiger partial charge on any atom is -0.497 e. The first kappa shape index (κ1) is 12.9. The van der Waals surface area contributed by atoms with Crippen LogP contribution in [0.25, 0.3) is 0 Å². The summed E-state index contributed by atoms with van der Waals surface area (Å²) in [4.78, 5) is 2.31. The Morgan fingerprint density at radius 3 is 2.95 bits per heavy atom. The van der Waals surface area contributed by atoms with Crippen LogP contribution in [0.5, 0.6) is 5.75 Å². The predicted molar refractivity (Wildman–Crippen MR) is 75.7 cm³/mol. The van der Waals surface area contributed by atoms with Crippen LogP contribution in [0.4, 0.5) is 0 Å². The van der Waals surface area contributed by atoms with Crippen LogP contribution in [0.3, 0.4) is 0 Å². The number of hydrogen-bond acceptors (Lipinski definition) is 3. The summed E-state index contributed by atoms with van der Waals surface area (Å²) in [6, 6.07) is 6.62. The lowest BCUT2D eigenvalue weighted by molar-refractivity contribution is -0.0496. The van der Waals surface area contributed by atoms with Crippen molar-refractivity contribution >= 4 is 0 Å². The van der Waals surface area contributed by atoms with Crippen molar-refractivity contribution in [1.29, 1.82) is 0 Å². The number of nitrogens with zero attached hydrogens (tertiary/aromatic N) is 1. The molecule has 3 rings (SSSR count). The van der Waals surface area contributed by atoms with Gasteiger partial charge in [-0.2, -0.15) is 0 Å². The van der Waals surface area contributed by atoms with Gasteiger partial charge in [0, 0.05) is 11.5 Å². The summed E-state index contributed by atoms with van der Waals surface area (Å²) in [6.07, 6.45) is 2.69. The molecule has 1 aliphatic heterocycles. The second kappa shape index (κ2) is 4.50. The summed E-state index contributed by atoms with van der Waals surface area (Å²) in [6.45, 7) is 3.26.